The predicted octanol–water partition coefficient (Wildman–Crippen LogP) is 3.28. The van der Waals surface area contributed by atoms with E-state index in [9.17, 15) is 15.2 Å². The van der Waals surface area contributed by atoms with Gasteiger partial charge in [-0.05, 0) is 24.1 Å². The zero-order chi connectivity index (χ0) is 12.4. The number of phenols is 1. The number of aryl methyl sites for hydroxylation is 1. The Balaban J connectivity index is 2.54. The molecule has 0 aromatic heterocycles. The summed E-state index contributed by atoms with van der Waals surface area (Å²) in [4.78, 5) is 10.1. The third-order valence-corrected chi connectivity index (χ3v) is 2.52. The van der Waals surface area contributed by atoms with Crippen molar-refractivity contribution in [1.82, 2.24) is 0 Å². The summed E-state index contributed by atoms with van der Waals surface area (Å²) in [5, 5.41) is 20.1. The van der Waals surface area contributed by atoms with E-state index in [0.29, 0.717) is 0 Å². The van der Waals surface area contributed by atoms with Gasteiger partial charge in [0.25, 0.3) is 0 Å². The summed E-state index contributed by atoms with van der Waals surface area (Å²) in [6.45, 7) is 1.96. The number of benzene rings is 2. The number of nitro benzene ring substituents is 1. The highest BCUT2D eigenvalue weighted by Gasteiger charge is 2.14. The number of rotatable bonds is 2. The summed E-state index contributed by atoms with van der Waals surface area (Å²) in [7, 11) is 0. The lowest BCUT2D eigenvalue weighted by Crippen LogP contribution is -1.89. The quantitative estimate of drug-likeness (QED) is 0.634. The molecule has 17 heavy (non-hydrogen) atoms. The van der Waals surface area contributed by atoms with E-state index in [-0.39, 0.29) is 11.4 Å². The number of hydrogen-bond donors (Lipinski definition) is 1. The Morgan fingerprint density at radius 3 is 2.47 bits per heavy atom. The molecule has 0 saturated carbocycles. The maximum absolute atomic E-state index is 10.7. The fourth-order valence-electron chi connectivity index (χ4n) is 1.67. The Bertz CT molecular complexity index is 579. The topological polar surface area (TPSA) is 63.4 Å². The largest absolute Gasteiger partial charge is 0.502 e. The molecular weight excluding hydrogens is 218 g/mol. The van der Waals surface area contributed by atoms with E-state index in [1.165, 1.54) is 12.1 Å². The van der Waals surface area contributed by atoms with Crippen LogP contribution in [0.4, 0.5) is 5.69 Å². The van der Waals surface area contributed by atoms with Crippen molar-refractivity contribution in [3.63, 3.8) is 0 Å². The second kappa shape index (κ2) is 4.25. The van der Waals surface area contributed by atoms with Crippen LogP contribution in [0.3, 0.4) is 0 Å². The fraction of sp³-hybridized carbons (Fsp3) is 0.0769. The normalized spacial score (nSPS) is 10.2. The van der Waals surface area contributed by atoms with Crippen LogP contribution in [0.2, 0.25) is 0 Å². The van der Waals surface area contributed by atoms with Gasteiger partial charge >= 0.3 is 5.69 Å². The van der Waals surface area contributed by atoms with Crippen LogP contribution in [0.15, 0.2) is 42.5 Å². The highest BCUT2D eigenvalue weighted by Crippen LogP contribution is 2.31. The van der Waals surface area contributed by atoms with Crippen LogP contribution in [0.5, 0.6) is 5.75 Å². The van der Waals surface area contributed by atoms with Gasteiger partial charge < -0.3 is 5.11 Å². The van der Waals surface area contributed by atoms with Crippen LogP contribution in [0.1, 0.15) is 5.56 Å². The first kappa shape index (κ1) is 11.1. The van der Waals surface area contributed by atoms with Gasteiger partial charge in [0.1, 0.15) is 0 Å². The third-order valence-electron chi connectivity index (χ3n) is 2.52. The van der Waals surface area contributed by atoms with E-state index >= 15 is 0 Å². The van der Waals surface area contributed by atoms with Crippen molar-refractivity contribution in [1.29, 1.82) is 0 Å². The molecule has 0 heterocycles. The molecule has 0 fully saturated rings. The lowest BCUT2D eigenvalue weighted by Gasteiger charge is -2.03. The van der Waals surface area contributed by atoms with Crippen molar-refractivity contribution >= 4 is 5.69 Å². The van der Waals surface area contributed by atoms with Gasteiger partial charge in [-0.3, -0.25) is 10.1 Å². The molecule has 86 valence electrons. The molecule has 2 aromatic carbocycles. The first-order valence-corrected chi connectivity index (χ1v) is 5.12. The number of phenolic OH excluding ortho intramolecular Hbond substituents is 1. The maximum atomic E-state index is 10.7. The molecule has 4 nitrogen and oxygen atoms in total. The summed E-state index contributed by atoms with van der Waals surface area (Å²) in [5.74, 6) is -0.314. The molecule has 4 heteroatoms. The third kappa shape index (κ3) is 2.25. The second-order valence-corrected chi connectivity index (χ2v) is 3.83. The van der Waals surface area contributed by atoms with E-state index in [0.717, 1.165) is 16.7 Å². The second-order valence-electron chi connectivity index (χ2n) is 3.83. The maximum Gasteiger partial charge on any atom is 0.311 e. The smallest absolute Gasteiger partial charge is 0.311 e. The molecule has 0 atom stereocenters. The van der Waals surface area contributed by atoms with E-state index in [1.807, 2.05) is 31.2 Å². The van der Waals surface area contributed by atoms with E-state index in [4.69, 9.17) is 0 Å². The van der Waals surface area contributed by atoms with Crippen LogP contribution in [-0.2, 0) is 0 Å². The van der Waals surface area contributed by atoms with Gasteiger partial charge in [0.15, 0.2) is 5.75 Å². The molecule has 0 aliphatic rings. The van der Waals surface area contributed by atoms with Crippen LogP contribution in [0.25, 0.3) is 11.1 Å². The molecule has 0 aliphatic carbocycles. The molecule has 2 aromatic rings. The van der Waals surface area contributed by atoms with Gasteiger partial charge in [-0.2, -0.15) is 0 Å². The average Bonchev–Trinajstić information content (AvgIpc) is 2.29. The van der Waals surface area contributed by atoms with Gasteiger partial charge in [-0.15, -0.1) is 0 Å². The van der Waals surface area contributed by atoms with Crippen molar-refractivity contribution in [3.05, 3.63) is 58.1 Å². The summed E-state index contributed by atoms with van der Waals surface area (Å²) in [6.07, 6.45) is 0. The molecule has 0 radical (unpaired) electrons. The summed E-state index contributed by atoms with van der Waals surface area (Å²) < 4.78 is 0. The van der Waals surface area contributed by atoms with Crippen molar-refractivity contribution in [2.45, 2.75) is 6.92 Å². The minimum absolute atomic E-state index is 0.274. The van der Waals surface area contributed by atoms with E-state index < -0.39 is 4.92 Å². The molecule has 2 rings (SSSR count). The number of hydrogen-bond acceptors (Lipinski definition) is 3. The Labute approximate surface area is 98.3 Å². The molecule has 0 spiro atoms. The molecule has 0 saturated heterocycles. The molecule has 0 aliphatic heterocycles. The fourth-order valence-corrected chi connectivity index (χ4v) is 1.67. The predicted molar refractivity (Wildman–Crippen MR) is 64.9 cm³/mol. The van der Waals surface area contributed by atoms with Crippen molar-refractivity contribution < 1.29 is 10.0 Å². The Morgan fingerprint density at radius 1 is 1.12 bits per heavy atom. The molecule has 1 N–H and O–H groups in total. The zero-order valence-electron chi connectivity index (χ0n) is 9.25. The van der Waals surface area contributed by atoms with Crippen LogP contribution in [0, 0.1) is 17.0 Å². The van der Waals surface area contributed by atoms with Gasteiger partial charge in [0.2, 0.25) is 0 Å². The van der Waals surface area contributed by atoms with Gasteiger partial charge in [0, 0.05) is 6.07 Å². The molecule has 0 unspecified atom stereocenters. The number of nitro groups is 1. The molecular formula is C13H11NO3. The van der Waals surface area contributed by atoms with Crippen LogP contribution >= 0.6 is 0 Å². The molecule has 0 bridgehead atoms. The Morgan fingerprint density at radius 2 is 1.82 bits per heavy atom. The highest BCUT2D eigenvalue weighted by atomic mass is 16.6. The monoisotopic (exact) mass is 229 g/mol. The Hall–Kier alpha value is -2.36. The van der Waals surface area contributed by atoms with Crippen LogP contribution < -0.4 is 0 Å². The van der Waals surface area contributed by atoms with E-state index in [1.54, 1.807) is 6.07 Å². The van der Waals surface area contributed by atoms with Crippen molar-refractivity contribution in [2.24, 2.45) is 0 Å². The summed E-state index contributed by atoms with van der Waals surface area (Å²) >= 11 is 0. The average molecular weight is 229 g/mol. The minimum Gasteiger partial charge on any atom is -0.502 e. The highest BCUT2D eigenvalue weighted by molar-refractivity contribution is 5.69. The standard InChI is InChI=1S/C13H11NO3/c1-9-3-2-4-10(7-9)11-5-6-13(15)12(8-11)14(16)17/h2-8,15H,1H3. The Kier molecular flexibility index (Phi) is 2.78. The lowest BCUT2D eigenvalue weighted by molar-refractivity contribution is -0.385. The zero-order valence-corrected chi connectivity index (χ0v) is 9.25. The molecule has 0 amide bonds. The van der Waals surface area contributed by atoms with Crippen LogP contribution in [-0.4, -0.2) is 10.0 Å². The van der Waals surface area contributed by atoms with E-state index in [2.05, 4.69) is 0 Å². The first-order chi connectivity index (χ1) is 8.08. The summed E-state index contributed by atoms with van der Waals surface area (Å²) in [5.41, 5.74) is 2.42. The first-order valence-electron chi connectivity index (χ1n) is 5.12. The lowest BCUT2D eigenvalue weighted by atomic mass is 10.0. The van der Waals surface area contributed by atoms with Gasteiger partial charge in [-0.1, -0.05) is 35.9 Å². The summed E-state index contributed by atoms with van der Waals surface area (Å²) in [6, 6.07) is 12.1. The van der Waals surface area contributed by atoms with Gasteiger partial charge in [0.05, 0.1) is 4.92 Å². The number of aromatic hydroxyl groups is 1. The minimum atomic E-state index is -0.589. The van der Waals surface area contributed by atoms with Crippen molar-refractivity contribution in [3.8, 4) is 16.9 Å². The number of nitrogens with zero attached hydrogens (tertiary/aromatic N) is 1. The van der Waals surface area contributed by atoms with Gasteiger partial charge in [-0.25, -0.2) is 0 Å². The van der Waals surface area contributed by atoms with Crippen molar-refractivity contribution in [2.75, 3.05) is 0 Å². The SMILES string of the molecule is Cc1cccc(-c2ccc(O)c([N+](=O)[O-])c2)c1.